The Morgan fingerprint density at radius 3 is 2.69 bits per heavy atom. The first-order valence-electron chi connectivity index (χ1n) is 9.33. The lowest BCUT2D eigenvalue weighted by Crippen LogP contribution is -2.24. The van der Waals surface area contributed by atoms with Gasteiger partial charge in [0.25, 0.3) is 5.56 Å². The molecule has 0 fully saturated rings. The molecule has 0 aliphatic rings. The summed E-state index contributed by atoms with van der Waals surface area (Å²) in [5.74, 6) is 1.34. The molecule has 0 aliphatic heterocycles. The third kappa shape index (κ3) is 3.90. The lowest BCUT2D eigenvalue weighted by molar-refractivity contribution is -0.116. The van der Waals surface area contributed by atoms with Gasteiger partial charge in [-0.25, -0.2) is 0 Å². The number of amides is 1. The lowest BCUT2D eigenvalue weighted by atomic mass is 10.2. The number of aromatic nitrogens is 4. The third-order valence-electron chi connectivity index (χ3n) is 4.53. The molecule has 0 saturated heterocycles. The van der Waals surface area contributed by atoms with Crippen molar-refractivity contribution < 1.29 is 4.79 Å². The van der Waals surface area contributed by atoms with Gasteiger partial charge in [-0.05, 0) is 41.6 Å². The van der Waals surface area contributed by atoms with Crippen LogP contribution in [-0.4, -0.2) is 25.1 Å². The van der Waals surface area contributed by atoms with E-state index in [9.17, 15) is 9.59 Å². The first kappa shape index (κ1) is 19.6. The van der Waals surface area contributed by atoms with E-state index in [-0.39, 0.29) is 17.9 Å². The Kier molecular flexibility index (Phi) is 5.38. The number of nitrogens with zero attached hydrogens (tertiary/aromatic N) is 4. The summed E-state index contributed by atoms with van der Waals surface area (Å²) in [4.78, 5) is 25.2. The number of aryl methyl sites for hydroxylation is 1. The van der Waals surface area contributed by atoms with Gasteiger partial charge in [-0.3, -0.25) is 18.6 Å². The fourth-order valence-electron chi connectivity index (χ4n) is 3.25. The molecule has 7 nitrogen and oxygen atoms in total. The maximum absolute atomic E-state index is 12.9. The summed E-state index contributed by atoms with van der Waals surface area (Å²) in [5, 5.41) is 13.9. The summed E-state index contributed by atoms with van der Waals surface area (Å²) in [6.07, 6.45) is 0.657. The minimum Gasteiger partial charge on any atom is -0.326 e. The van der Waals surface area contributed by atoms with Crippen molar-refractivity contribution in [1.82, 2.24) is 19.2 Å². The van der Waals surface area contributed by atoms with Crippen LogP contribution in [0.2, 0.25) is 5.02 Å². The van der Waals surface area contributed by atoms with Gasteiger partial charge in [0.2, 0.25) is 11.7 Å². The predicted octanol–water partition coefficient (Wildman–Crippen LogP) is 3.99. The van der Waals surface area contributed by atoms with Gasteiger partial charge in [-0.1, -0.05) is 25.4 Å². The van der Waals surface area contributed by atoms with E-state index in [1.54, 1.807) is 28.8 Å². The molecular weight excluding hydrogens is 410 g/mol. The maximum Gasteiger partial charge on any atom is 0.272 e. The highest BCUT2D eigenvalue weighted by Crippen LogP contribution is 2.21. The topological polar surface area (TPSA) is 81.3 Å². The van der Waals surface area contributed by atoms with Crippen molar-refractivity contribution in [3.8, 4) is 0 Å². The Labute approximate surface area is 175 Å². The second kappa shape index (κ2) is 7.96. The minimum atomic E-state index is -0.124. The first-order valence-corrected chi connectivity index (χ1v) is 10.6. The molecule has 3 aromatic heterocycles. The van der Waals surface area contributed by atoms with Crippen molar-refractivity contribution in [2.75, 3.05) is 5.32 Å². The van der Waals surface area contributed by atoms with E-state index in [0.717, 1.165) is 5.52 Å². The van der Waals surface area contributed by atoms with Gasteiger partial charge in [0.1, 0.15) is 10.5 Å². The summed E-state index contributed by atoms with van der Waals surface area (Å²) in [7, 11) is 0. The van der Waals surface area contributed by atoms with E-state index in [2.05, 4.69) is 29.4 Å². The van der Waals surface area contributed by atoms with Gasteiger partial charge in [-0.2, -0.15) is 0 Å². The van der Waals surface area contributed by atoms with Crippen LogP contribution in [0, 0.1) is 5.92 Å². The normalized spacial score (nSPS) is 11.6. The molecule has 1 aromatic carbocycles. The van der Waals surface area contributed by atoms with Crippen LogP contribution in [0.25, 0.3) is 16.0 Å². The van der Waals surface area contributed by atoms with E-state index >= 15 is 0 Å². The zero-order valence-corrected chi connectivity index (χ0v) is 17.6. The van der Waals surface area contributed by atoms with Crippen molar-refractivity contribution in [3.63, 3.8) is 0 Å². The fourth-order valence-corrected chi connectivity index (χ4v) is 4.20. The smallest absolute Gasteiger partial charge is 0.272 e. The summed E-state index contributed by atoms with van der Waals surface area (Å²) in [6, 6.07) is 8.86. The molecule has 0 saturated carbocycles. The molecule has 0 bridgehead atoms. The number of hydrogen-bond donors (Lipinski definition) is 1. The van der Waals surface area contributed by atoms with Crippen LogP contribution >= 0.6 is 22.9 Å². The Morgan fingerprint density at radius 1 is 1.21 bits per heavy atom. The molecule has 0 aliphatic carbocycles. The Hall–Kier alpha value is -2.71. The van der Waals surface area contributed by atoms with Crippen molar-refractivity contribution in [3.05, 3.63) is 56.9 Å². The number of thiophene rings is 1. The molecule has 4 rings (SSSR count). The van der Waals surface area contributed by atoms with Gasteiger partial charge < -0.3 is 5.32 Å². The van der Waals surface area contributed by atoms with Gasteiger partial charge in [-0.15, -0.1) is 21.5 Å². The number of carbonyl (C=O) groups is 1. The standard InChI is InChI=1S/C20H20ClN5O2S/c1-12(2)11-25-19(28)18-15(9-10-29-18)26-16(23-24-20(25)26)7-8-17(27)22-14-5-3-13(21)4-6-14/h3-6,9-10,12H,7-8,11H2,1-2H3,(H,22,27). The number of benzene rings is 1. The third-order valence-corrected chi connectivity index (χ3v) is 5.67. The first-order chi connectivity index (χ1) is 13.9. The number of carbonyl (C=O) groups excluding carboxylic acids is 1. The molecule has 0 radical (unpaired) electrons. The number of hydrogen-bond acceptors (Lipinski definition) is 5. The van der Waals surface area contributed by atoms with Crippen LogP contribution in [0.4, 0.5) is 5.69 Å². The van der Waals surface area contributed by atoms with Gasteiger partial charge in [0, 0.05) is 30.1 Å². The molecule has 0 spiro atoms. The van der Waals surface area contributed by atoms with Crippen molar-refractivity contribution in [1.29, 1.82) is 0 Å². The van der Waals surface area contributed by atoms with Crippen LogP contribution in [0.5, 0.6) is 0 Å². The molecule has 3 heterocycles. The van der Waals surface area contributed by atoms with E-state index in [1.807, 2.05) is 15.8 Å². The molecule has 4 aromatic rings. The Balaban J connectivity index is 1.63. The highest BCUT2D eigenvalue weighted by Gasteiger charge is 2.18. The van der Waals surface area contributed by atoms with Crippen LogP contribution in [0.15, 0.2) is 40.5 Å². The predicted molar refractivity (Wildman–Crippen MR) is 116 cm³/mol. The molecule has 29 heavy (non-hydrogen) atoms. The summed E-state index contributed by atoms with van der Waals surface area (Å²) < 4.78 is 4.24. The molecule has 1 amide bonds. The monoisotopic (exact) mass is 429 g/mol. The van der Waals surface area contributed by atoms with Crippen molar-refractivity contribution in [2.45, 2.75) is 33.2 Å². The van der Waals surface area contributed by atoms with Gasteiger partial charge in [0.05, 0.1) is 5.52 Å². The van der Waals surface area contributed by atoms with Crippen LogP contribution < -0.4 is 10.9 Å². The van der Waals surface area contributed by atoms with Crippen LogP contribution in [0.3, 0.4) is 0 Å². The van der Waals surface area contributed by atoms with E-state index < -0.39 is 0 Å². The molecule has 9 heteroatoms. The minimum absolute atomic E-state index is 0.0457. The lowest BCUT2D eigenvalue weighted by Gasteiger charge is -2.11. The second-order valence-corrected chi connectivity index (χ2v) is 8.60. The molecular formula is C20H20ClN5O2S. The van der Waals surface area contributed by atoms with Crippen molar-refractivity contribution in [2.24, 2.45) is 5.92 Å². The Bertz CT molecular complexity index is 1240. The average Bonchev–Trinajstić information content (AvgIpc) is 3.32. The van der Waals surface area contributed by atoms with Gasteiger partial charge in [0.15, 0.2) is 0 Å². The van der Waals surface area contributed by atoms with E-state index in [0.29, 0.717) is 45.9 Å². The number of rotatable bonds is 6. The molecule has 1 N–H and O–H groups in total. The van der Waals surface area contributed by atoms with Crippen molar-refractivity contribution >= 4 is 50.5 Å². The summed E-state index contributed by atoms with van der Waals surface area (Å²) in [6.45, 7) is 4.67. The maximum atomic E-state index is 12.9. The Morgan fingerprint density at radius 2 is 1.97 bits per heavy atom. The van der Waals surface area contributed by atoms with Crippen LogP contribution in [-0.2, 0) is 17.8 Å². The highest BCUT2D eigenvalue weighted by molar-refractivity contribution is 7.17. The van der Waals surface area contributed by atoms with Gasteiger partial charge >= 0.3 is 0 Å². The summed E-state index contributed by atoms with van der Waals surface area (Å²) >= 11 is 7.28. The van der Waals surface area contributed by atoms with Crippen LogP contribution in [0.1, 0.15) is 26.1 Å². The fraction of sp³-hybridized carbons (Fsp3) is 0.300. The number of fused-ring (bicyclic) bond motifs is 3. The highest BCUT2D eigenvalue weighted by atomic mass is 35.5. The number of halogens is 1. The average molecular weight is 430 g/mol. The number of anilines is 1. The second-order valence-electron chi connectivity index (χ2n) is 7.25. The van der Waals surface area contributed by atoms with E-state index in [1.165, 1.54) is 11.3 Å². The largest absolute Gasteiger partial charge is 0.326 e. The molecule has 0 unspecified atom stereocenters. The van der Waals surface area contributed by atoms with E-state index in [4.69, 9.17) is 11.6 Å². The SMILES string of the molecule is CC(C)Cn1c(=O)c2sccc2n2c(CCC(=O)Nc3ccc(Cl)cc3)nnc12. The zero-order valence-electron chi connectivity index (χ0n) is 16.1. The number of nitrogens with one attached hydrogen (secondary N) is 1. The molecule has 0 atom stereocenters. The quantitative estimate of drug-likeness (QED) is 0.502. The zero-order chi connectivity index (χ0) is 20.5. The molecule has 150 valence electrons. The summed E-state index contributed by atoms with van der Waals surface area (Å²) in [5.41, 5.74) is 1.43.